The highest BCUT2D eigenvalue weighted by Gasteiger charge is 2.28. The molecule has 0 spiro atoms. The number of amides is 1. The number of benzene rings is 2. The van der Waals surface area contributed by atoms with Gasteiger partial charge < -0.3 is 10.1 Å². The highest BCUT2D eigenvalue weighted by atomic mass is 32.2. The molecule has 1 amide bonds. The van der Waals surface area contributed by atoms with Crippen molar-refractivity contribution in [1.82, 2.24) is 5.32 Å². The van der Waals surface area contributed by atoms with E-state index in [9.17, 15) is 13.2 Å². The van der Waals surface area contributed by atoms with E-state index in [0.717, 1.165) is 33.0 Å². The van der Waals surface area contributed by atoms with Gasteiger partial charge in [0, 0.05) is 0 Å². The molecule has 0 fully saturated rings. The molecule has 152 valence electrons. The minimum Gasteiger partial charge on any atom is -0.492 e. The van der Waals surface area contributed by atoms with Crippen molar-refractivity contribution in [3.8, 4) is 5.75 Å². The number of aryl methyl sites for hydroxylation is 3. The zero-order valence-electron chi connectivity index (χ0n) is 17.0. The molecule has 2 aromatic rings. The van der Waals surface area contributed by atoms with E-state index < -0.39 is 16.1 Å². The van der Waals surface area contributed by atoms with Crippen LogP contribution in [0.4, 0.5) is 5.69 Å². The zero-order valence-corrected chi connectivity index (χ0v) is 17.8. The first-order chi connectivity index (χ1) is 13.1. The fraction of sp³-hybridized carbons (Fsp3) is 0.381. The van der Waals surface area contributed by atoms with E-state index in [1.54, 1.807) is 25.1 Å². The lowest BCUT2D eigenvalue weighted by molar-refractivity contribution is -0.121. The Morgan fingerprint density at radius 2 is 1.71 bits per heavy atom. The quantitative estimate of drug-likeness (QED) is 0.687. The summed E-state index contributed by atoms with van der Waals surface area (Å²) in [6.45, 7) is 8.01. The molecule has 6 nitrogen and oxygen atoms in total. The van der Waals surface area contributed by atoms with Gasteiger partial charge in [0.15, 0.2) is 0 Å². The van der Waals surface area contributed by atoms with Crippen molar-refractivity contribution < 1.29 is 17.9 Å². The Morgan fingerprint density at radius 3 is 2.29 bits per heavy atom. The van der Waals surface area contributed by atoms with E-state index in [1.165, 1.54) is 0 Å². The molecule has 0 saturated heterocycles. The summed E-state index contributed by atoms with van der Waals surface area (Å²) in [4.78, 5) is 12.5. The number of anilines is 1. The van der Waals surface area contributed by atoms with Gasteiger partial charge in [0.2, 0.25) is 15.9 Å². The van der Waals surface area contributed by atoms with E-state index in [2.05, 4.69) is 11.4 Å². The van der Waals surface area contributed by atoms with Crippen LogP contribution in [0.5, 0.6) is 5.75 Å². The Bertz CT molecular complexity index is 921. The Morgan fingerprint density at radius 1 is 1.07 bits per heavy atom. The lowest BCUT2D eigenvalue weighted by Crippen LogP contribution is -2.48. The summed E-state index contributed by atoms with van der Waals surface area (Å²) in [6.07, 6.45) is 1.10. The summed E-state index contributed by atoms with van der Waals surface area (Å²) < 4.78 is 31.4. The van der Waals surface area contributed by atoms with Crippen molar-refractivity contribution in [3.63, 3.8) is 0 Å². The molecule has 28 heavy (non-hydrogen) atoms. The van der Waals surface area contributed by atoms with Crippen molar-refractivity contribution in [1.29, 1.82) is 0 Å². The first-order valence-corrected chi connectivity index (χ1v) is 11.0. The molecule has 0 aliphatic carbocycles. The van der Waals surface area contributed by atoms with Crippen LogP contribution in [0.15, 0.2) is 42.5 Å². The second-order valence-corrected chi connectivity index (χ2v) is 8.90. The fourth-order valence-corrected chi connectivity index (χ4v) is 4.25. The summed E-state index contributed by atoms with van der Waals surface area (Å²) in [5.41, 5.74) is 3.60. The van der Waals surface area contributed by atoms with Gasteiger partial charge in [-0.25, -0.2) is 8.42 Å². The average Bonchev–Trinajstić information content (AvgIpc) is 2.56. The van der Waals surface area contributed by atoms with E-state index in [4.69, 9.17) is 4.74 Å². The number of hydrogen-bond acceptors (Lipinski definition) is 4. The maximum absolute atomic E-state index is 12.5. The Balaban J connectivity index is 1.99. The maximum atomic E-state index is 12.5. The number of nitrogens with zero attached hydrogens (tertiary/aromatic N) is 1. The third kappa shape index (κ3) is 5.99. The molecule has 2 aromatic carbocycles. The SMILES string of the molecule is Cc1cc(C)cc(OCCNC(=O)[C@H](C)N(c2cccc(C)c2)S(C)(=O)=O)c1. The third-order valence-corrected chi connectivity index (χ3v) is 5.45. The summed E-state index contributed by atoms with van der Waals surface area (Å²) in [5.74, 6) is 0.369. The minimum absolute atomic E-state index is 0.279. The standard InChI is InChI=1S/C21H28N2O4S/c1-15-7-6-8-19(12-15)23(28(5,25)26)18(4)21(24)22-9-10-27-20-13-16(2)11-17(3)14-20/h6-8,11-14,18H,9-10H2,1-5H3,(H,22,24)/t18-/m0/s1. The summed E-state index contributed by atoms with van der Waals surface area (Å²) >= 11 is 0. The minimum atomic E-state index is -3.62. The average molecular weight is 405 g/mol. The van der Waals surface area contributed by atoms with E-state index in [1.807, 2.05) is 39.0 Å². The van der Waals surface area contributed by atoms with Gasteiger partial charge in [-0.15, -0.1) is 0 Å². The number of nitrogens with one attached hydrogen (secondary N) is 1. The summed E-state index contributed by atoms with van der Waals surface area (Å²) in [7, 11) is -3.62. The largest absolute Gasteiger partial charge is 0.492 e. The van der Waals surface area contributed by atoms with Crippen LogP contribution in [-0.4, -0.2) is 39.8 Å². The van der Waals surface area contributed by atoms with Gasteiger partial charge in [0.25, 0.3) is 0 Å². The Kier molecular flexibility index (Phi) is 7.07. The smallest absolute Gasteiger partial charge is 0.243 e. The molecule has 0 aliphatic heterocycles. The third-order valence-electron chi connectivity index (χ3n) is 4.21. The topological polar surface area (TPSA) is 75.7 Å². The number of carbonyl (C=O) groups is 1. The normalized spacial score (nSPS) is 12.3. The van der Waals surface area contributed by atoms with Gasteiger partial charge in [-0.3, -0.25) is 9.10 Å². The number of hydrogen-bond donors (Lipinski definition) is 1. The van der Waals surface area contributed by atoms with Crippen molar-refractivity contribution in [2.24, 2.45) is 0 Å². The van der Waals surface area contributed by atoms with Gasteiger partial charge in [0.1, 0.15) is 18.4 Å². The zero-order chi connectivity index (χ0) is 20.9. The van der Waals surface area contributed by atoms with Crippen molar-refractivity contribution in [2.75, 3.05) is 23.7 Å². The molecule has 1 N–H and O–H groups in total. The molecule has 0 aliphatic rings. The van der Waals surface area contributed by atoms with Gasteiger partial charge in [-0.2, -0.15) is 0 Å². The van der Waals surface area contributed by atoms with E-state index in [-0.39, 0.29) is 12.5 Å². The number of rotatable bonds is 8. The van der Waals surface area contributed by atoms with Crippen LogP contribution < -0.4 is 14.4 Å². The van der Waals surface area contributed by atoms with E-state index in [0.29, 0.717) is 12.3 Å². The molecule has 0 saturated carbocycles. The molecule has 0 aromatic heterocycles. The van der Waals surface area contributed by atoms with Crippen LogP contribution in [0.3, 0.4) is 0 Å². The molecule has 0 unspecified atom stereocenters. The molecule has 0 heterocycles. The van der Waals surface area contributed by atoms with Gasteiger partial charge >= 0.3 is 0 Å². The molecule has 7 heteroatoms. The summed E-state index contributed by atoms with van der Waals surface area (Å²) in [5, 5.41) is 2.75. The molecular formula is C21H28N2O4S. The second-order valence-electron chi connectivity index (χ2n) is 7.04. The van der Waals surface area contributed by atoms with Crippen LogP contribution in [-0.2, 0) is 14.8 Å². The fourth-order valence-electron chi connectivity index (χ4n) is 3.08. The molecular weight excluding hydrogens is 376 g/mol. The van der Waals surface area contributed by atoms with Crippen LogP contribution in [0.25, 0.3) is 0 Å². The summed E-state index contributed by atoms with van der Waals surface area (Å²) in [6, 6.07) is 12.1. The highest BCUT2D eigenvalue weighted by Crippen LogP contribution is 2.22. The number of carbonyl (C=O) groups excluding carboxylic acids is 1. The van der Waals surface area contributed by atoms with Gasteiger partial charge in [-0.1, -0.05) is 18.2 Å². The predicted molar refractivity (Wildman–Crippen MR) is 112 cm³/mol. The first-order valence-electron chi connectivity index (χ1n) is 9.13. The van der Waals surface area contributed by atoms with Gasteiger partial charge in [-0.05, 0) is 68.7 Å². The molecule has 0 radical (unpaired) electrons. The predicted octanol–water partition coefficient (Wildman–Crippen LogP) is 2.96. The molecule has 0 bridgehead atoms. The molecule has 1 atom stereocenters. The molecule has 2 rings (SSSR count). The number of ether oxygens (including phenoxy) is 1. The van der Waals surface area contributed by atoms with Crippen LogP contribution in [0.2, 0.25) is 0 Å². The van der Waals surface area contributed by atoms with Crippen LogP contribution in [0.1, 0.15) is 23.6 Å². The Hall–Kier alpha value is -2.54. The monoisotopic (exact) mass is 404 g/mol. The lowest BCUT2D eigenvalue weighted by Gasteiger charge is -2.28. The van der Waals surface area contributed by atoms with Crippen LogP contribution in [0, 0.1) is 20.8 Å². The van der Waals surface area contributed by atoms with Crippen molar-refractivity contribution >= 4 is 21.6 Å². The van der Waals surface area contributed by atoms with Crippen molar-refractivity contribution in [3.05, 3.63) is 59.2 Å². The van der Waals surface area contributed by atoms with E-state index >= 15 is 0 Å². The first kappa shape index (κ1) is 21.8. The number of sulfonamides is 1. The lowest BCUT2D eigenvalue weighted by atomic mass is 10.1. The second kappa shape index (κ2) is 9.10. The Labute approximate surface area is 167 Å². The van der Waals surface area contributed by atoms with Crippen molar-refractivity contribution in [2.45, 2.75) is 33.7 Å². The van der Waals surface area contributed by atoms with Gasteiger partial charge in [0.05, 0.1) is 18.5 Å². The highest BCUT2D eigenvalue weighted by molar-refractivity contribution is 7.92. The van der Waals surface area contributed by atoms with Crippen LogP contribution >= 0.6 is 0 Å². The maximum Gasteiger partial charge on any atom is 0.243 e.